The maximum Gasteiger partial charge on any atom is 0.305 e. The average molecular weight is 282 g/mol. The van der Waals surface area contributed by atoms with Crippen molar-refractivity contribution in [2.24, 2.45) is 5.92 Å². The lowest BCUT2D eigenvalue weighted by Gasteiger charge is -2.26. The fraction of sp³-hybridized carbons (Fsp3) is 0.429. The predicted octanol–water partition coefficient (Wildman–Crippen LogP) is 2.97. The molecule has 102 valence electrons. The molecule has 1 aliphatic heterocycles. The average Bonchev–Trinajstić information content (AvgIpc) is 2.53. The highest BCUT2D eigenvalue weighted by Gasteiger charge is 2.37. The zero-order chi connectivity index (χ0) is 14.2. The summed E-state index contributed by atoms with van der Waals surface area (Å²) in [7, 11) is 0. The summed E-state index contributed by atoms with van der Waals surface area (Å²) in [6.07, 6.45) is -0.0915. The molecule has 1 N–H and O–H groups in total. The molecule has 0 radical (unpaired) electrons. The fourth-order valence-corrected chi connectivity index (χ4v) is 2.64. The Balaban J connectivity index is 2.42. The van der Waals surface area contributed by atoms with Gasteiger partial charge >= 0.3 is 5.97 Å². The second-order valence-corrected chi connectivity index (χ2v) is 5.63. The van der Waals surface area contributed by atoms with Gasteiger partial charge in [-0.2, -0.15) is 0 Å². The summed E-state index contributed by atoms with van der Waals surface area (Å²) in [4.78, 5) is 25.0. The number of hydrogen-bond acceptors (Lipinski definition) is 2. The topological polar surface area (TPSA) is 57.6 Å². The molecule has 1 aromatic carbocycles. The third-order valence-corrected chi connectivity index (χ3v) is 3.41. The van der Waals surface area contributed by atoms with Crippen LogP contribution >= 0.6 is 11.6 Å². The molecule has 1 aliphatic rings. The van der Waals surface area contributed by atoms with Gasteiger partial charge in [-0.15, -0.1) is 0 Å². The first-order valence-corrected chi connectivity index (χ1v) is 6.60. The lowest BCUT2D eigenvalue weighted by molar-refractivity contribution is -0.138. The van der Waals surface area contributed by atoms with Crippen molar-refractivity contribution in [3.8, 4) is 0 Å². The molecule has 0 aromatic heterocycles. The van der Waals surface area contributed by atoms with E-state index in [1.807, 2.05) is 13.8 Å². The molecular formula is C14H16ClNO3. The summed E-state index contributed by atoms with van der Waals surface area (Å²) in [5.41, 5.74) is 1.29. The first-order valence-electron chi connectivity index (χ1n) is 6.22. The number of rotatable bonds is 4. The maximum absolute atomic E-state index is 12.3. The zero-order valence-electron chi connectivity index (χ0n) is 10.9. The second kappa shape index (κ2) is 5.21. The van der Waals surface area contributed by atoms with E-state index in [1.165, 1.54) is 0 Å². The Bertz CT molecular complexity index is 527. The minimum absolute atomic E-state index is 0.0915. The third-order valence-electron chi connectivity index (χ3n) is 3.17. The van der Waals surface area contributed by atoms with E-state index in [-0.39, 0.29) is 18.2 Å². The van der Waals surface area contributed by atoms with Crippen molar-refractivity contribution in [3.05, 3.63) is 34.3 Å². The molecule has 1 heterocycles. The molecule has 0 bridgehead atoms. The van der Waals surface area contributed by atoms with Crippen LogP contribution in [0.4, 0.5) is 0 Å². The minimum atomic E-state index is -0.917. The molecule has 1 atom stereocenters. The zero-order valence-corrected chi connectivity index (χ0v) is 11.6. The van der Waals surface area contributed by atoms with Crippen LogP contribution in [-0.4, -0.2) is 28.4 Å². The van der Waals surface area contributed by atoms with E-state index >= 15 is 0 Å². The van der Waals surface area contributed by atoms with Crippen molar-refractivity contribution < 1.29 is 14.7 Å². The van der Waals surface area contributed by atoms with Gasteiger partial charge in [-0.3, -0.25) is 9.59 Å². The normalized spacial score (nSPS) is 18.0. The monoisotopic (exact) mass is 281 g/mol. The number of hydrogen-bond donors (Lipinski definition) is 1. The Kier molecular flexibility index (Phi) is 3.80. The molecule has 0 aliphatic carbocycles. The number of amides is 1. The summed E-state index contributed by atoms with van der Waals surface area (Å²) in [5, 5.41) is 9.56. The van der Waals surface area contributed by atoms with Crippen LogP contribution in [0.3, 0.4) is 0 Å². The molecule has 1 unspecified atom stereocenters. The molecule has 0 saturated carbocycles. The van der Waals surface area contributed by atoms with Gasteiger partial charge in [0.05, 0.1) is 12.5 Å². The smallest absolute Gasteiger partial charge is 0.305 e. The van der Waals surface area contributed by atoms with Gasteiger partial charge in [0.25, 0.3) is 5.91 Å². The van der Waals surface area contributed by atoms with Gasteiger partial charge in [0.15, 0.2) is 0 Å². The van der Waals surface area contributed by atoms with E-state index in [4.69, 9.17) is 16.7 Å². The first-order chi connectivity index (χ1) is 8.90. The van der Waals surface area contributed by atoms with Gasteiger partial charge in [-0.1, -0.05) is 25.4 Å². The number of carboxylic acids is 1. The number of carbonyl (C=O) groups is 2. The lowest BCUT2D eigenvalue weighted by atomic mass is 10.0. The number of nitrogens with zero attached hydrogens (tertiary/aromatic N) is 1. The van der Waals surface area contributed by atoms with Gasteiger partial charge in [-0.25, -0.2) is 0 Å². The van der Waals surface area contributed by atoms with Gasteiger partial charge in [-0.05, 0) is 29.7 Å². The summed E-state index contributed by atoms with van der Waals surface area (Å²) in [6.45, 7) is 4.55. The lowest BCUT2D eigenvalue weighted by Crippen LogP contribution is -2.32. The number of benzene rings is 1. The highest BCUT2D eigenvalue weighted by atomic mass is 35.5. The molecule has 1 amide bonds. The highest BCUT2D eigenvalue weighted by molar-refractivity contribution is 6.30. The number of aliphatic carboxylic acids is 1. The van der Waals surface area contributed by atoms with Crippen molar-refractivity contribution in [1.82, 2.24) is 4.90 Å². The van der Waals surface area contributed by atoms with Crippen LogP contribution in [0.25, 0.3) is 0 Å². The van der Waals surface area contributed by atoms with E-state index in [0.29, 0.717) is 17.1 Å². The predicted molar refractivity (Wildman–Crippen MR) is 72.3 cm³/mol. The van der Waals surface area contributed by atoms with Crippen molar-refractivity contribution in [1.29, 1.82) is 0 Å². The van der Waals surface area contributed by atoms with Crippen molar-refractivity contribution in [3.63, 3.8) is 0 Å². The van der Waals surface area contributed by atoms with Gasteiger partial charge < -0.3 is 10.0 Å². The van der Waals surface area contributed by atoms with E-state index in [9.17, 15) is 9.59 Å². The minimum Gasteiger partial charge on any atom is -0.481 e. The van der Waals surface area contributed by atoms with Crippen LogP contribution < -0.4 is 0 Å². The molecule has 1 aromatic rings. The Hall–Kier alpha value is -1.55. The standard InChI is InChI=1S/C14H16ClNO3/c1-8(2)7-16-12(6-13(17)18)11-5-9(15)3-4-10(11)14(16)19/h3-5,8,12H,6-7H2,1-2H3,(H,17,18). The molecule has 0 spiro atoms. The molecule has 19 heavy (non-hydrogen) atoms. The van der Waals surface area contributed by atoms with Crippen LogP contribution in [-0.2, 0) is 4.79 Å². The quantitative estimate of drug-likeness (QED) is 0.923. The van der Waals surface area contributed by atoms with Crippen LogP contribution in [0.2, 0.25) is 5.02 Å². The summed E-state index contributed by atoms with van der Waals surface area (Å²) in [5.74, 6) is -0.740. The van der Waals surface area contributed by atoms with Gasteiger partial charge in [0.2, 0.25) is 0 Å². The van der Waals surface area contributed by atoms with Gasteiger partial charge in [0, 0.05) is 17.1 Å². The molecule has 0 fully saturated rings. The molecule has 4 nitrogen and oxygen atoms in total. The SMILES string of the molecule is CC(C)CN1C(=O)c2ccc(Cl)cc2C1CC(=O)O. The molecular weight excluding hydrogens is 266 g/mol. The number of carboxylic acid groups (broad SMARTS) is 1. The summed E-state index contributed by atoms with van der Waals surface area (Å²) < 4.78 is 0. The van der Waals surface area contributed by atoms with Crippen molar-refractivity contribution in [2.45, 2.75) is 26.3 Å². The number of carbonyl (C=O) groups excluding carboxylic acids is 1. The van der Waals surface area contributed by atoms with E-state index in [1.54, 1.807) is 23.1 Å². The van der Waals surface area contributed by atoms with Crippen molar-refractivity contribution in [2.75, 3.05) is 6.54 Å². The van der Waals surface area contributed by atoms with Crippen LogP contribution in [0.15, 0.2) is 18.2 Å². The second-order valence-electron chi connectivity index (χ2n) is 5.20. The van der Waals surface area contributed by atoms with Crippen LogP contribution in [0.5, 0.6) is 0 Å². The first kappa shape index (κ1) is 13.9. The van der Waals surface area contributed by atoms with Crippen LogP contribution in [0.1, 0.15) is 42.2 Å². The maximum atomic E-state index is 12.3. The highest BCUT2D eigenvalue weighted by Crippen LogP contribution is 2.37. The Morgan fingerprint density at radius 3 is 2.74 bits per heavy atom. The Morgan fingerprint density at radius 1 is 1.47 bits per heavy atom. The Morgan fingerprint density at radius 2 is 2.16 bits per heavy atom. The van der Waals surface area contributed by atoms with E-state index < -0.39 is 12.0 Å². The third kappa shape index (κ3) is 2.73. The van der Waals surface area contributed by atoms with E-state index in [2.05, 4.69) is 0 Å². The van der Waals surface area contributed by atoms with Crippen molar-refractivity contribution >= 4 is 23.5 Å². The largest absolute Gasteiger partial charge is 0.481 e. The van der Waals surface area contributed by atoms with Gasteiger partial charge in [0.1, 0.15) is 0 Å². The van der Waals surface area contributed by atoms with E-state index in [0.717, 1.165) is 5.56 Å². The number of halogens is 1. The fourth-order valence-electron chi connectivity index (χ4n) is 2.46. The molecule has 2 rings (SSSR count). The number of fused-ring (bicyclic) bond motifs is 1. The van der Waals surface area contributed by atoms with Crippen LogP contribution in [0, 0.1) is 5.92 Å². The Labute approximate surface area is 117 Å². The summed E-state index contributed by atoms with van der Waals surface area (Å²) in [6, 6.07) is 4.62. The molecule has 5 heteroatoms. The molecule has 0 saturated heterocycles. The summed E-state index contributed by atoms with van der Waals surface area (Å²) >= 11 is 5.95.